The van der Waals surface area contributed by atoms with Crippen LogP contribution in [0.2, 0.25) is 0 Å². The molecule has 9 heteroatoms. The molecule has 156 valence electrons. The van der Waals surface area contributed by atoms with Crippen LogP contribution in [0.1, 0.15) is 24.2 Å². The molecule has 0 aliphatic rings. The van der Waals surface area contributed by atoms with Crippen molar-refractivity contribution in [3.8, 4) is 0 Å². The van der Waals surface area contributed by atoms with Gasteiger partial charge >= 0.3 is 5.97 Å². The average molecular weight is 420 g/mol. The van der Waals surface area contributed by atoms with E-state index in [9.17, 15) is 18.0 Å². The summed E-state index contributed by atoms with van der Waals surface area (Å²) in [5.41, 5.74) is 1.60. The molecule has 0 heterocycles. The van der Waals surface area contributed by atoms with E-state index in [2.05, 4.69) is 10.0 Å². The molecule has 0 bridgehead atoms. The highest BCUT2D eigenvalue weighted by molar-refractivity contribution is 7.89. The average Bonchev–Trinajstić information content (AvgIpc) is 2.65. The first-order valence-corrected chi connectivity index (χ1v) is 10.4. The number of amides is 1. The van der Waals surface area contributed by atoms with Gasteiger partial charge in [-0.2, -0.15) is 0 Å². The van der Waals surface area contributed by atoms with Crippen molar-refractivity contribution in [1.82, 2.24) is 4.72 Å². The third kappa shape index (κ3) is 6.58. The SMILES string of the molecule is CC(C)NS(=O)(=O)c1cccc(C(=O)OCC(=O)Nc2ccc(N(C)C)cc2)c1. The zero-order chi connectivity index (χ0) is 21.6. The van der Waals surface area contributed by atoms with Crippen LogP contribution in [-0.4, -0.2) is 47.0 Å². The topological polar surface area (TPSA) is 105 Å². The van der Waals surface area contributed by atoms with Crippen LogP contribution in [0.15, 0.2) is 53.4 Å². The molecule has 0 aliphatic carbocycles. The molecule has 2 aromatic carbocycles. The number of ether oxygens (including phenoxy) is 1. The summed E-state index contributed by atoms with van der Waals surface area (Å²) in [5, 5.41) is 2.63. The van der Waals surface area contributed by atoms with E-state index in [1.807, 2.05) is 31.1 Å². The zero-order valence-electron chi connectivity index (χ0n) is 16.8. The number of benzene rings is 2. The lowest BCUT2D eigenvalue weighted by Crippen LogP contribution is -2.30. The molecule has 0 radical (unpaired) electrons. The first-order valence-electron chi connectivity index (χ1n) is 8.95. The smallest absolute Gasteiger partial charge is 0.338 e. The van der Waals surface area contributed by atoms with Crippen molar-refractivity contribution >= 4 is 33.3 Å². The van der Waals surface area contributed by atoms with Crippen LogP contribution in [0.5, 0.6) is 0 Å². The molecule has 1 amide bonds. The maximum atomic E-state index is 12.2. The first kappa shape index (κ1) is 22.4. The Morgan fingerprint density at radius 3 is 2.31 bits per heavy atom. The summed E-state index contributed by atoms with van der Waals surface area (Å²) in [6.07, 6.45) is 0. The molecule has 0 saturated carbocycles. The van der Waals surface area contributed by atoms with Crippen LogP contribution in [0.3, 0.4) is 0 Å². The van der Waals surface area contributed by atoms with Gasteiger partial charge in [-0.05, 0) is 56.3 Å². The Labute approximate surface area is 170 Å². The van der Waals surface area contributed by atoms with Gasteiger partial charge in [-0.25, -0.2) is 17.9 Å². The van der Waals surface area contributed by atoms with Gasteiger partial charge in [0.15, 0.2) is 6.61 Å². The van der Waals surface area contributed by atoms with Gasteiger partial charge < -0.3 is 15.0 Å². The summed E-state index contributed by atoms with van der Waals surface area (Å²) < 4.78 is 31.9. The van der Waals surface area contributed by atoms with Crippen LogP contribution in [-0.2, 0) is 19.6 Å². The molecule has 29 heavy (non-hydrogen) atoms. The third-order valence-electron chi connectivity index (χ3n) is 3.77. The van der Waals surface area contributed by atoms with Crippen molar-refractivity contribution in [3.05, 3.63) is 54.1 Å². The fourth-order valence-electron chi connectivity index (χ4n) is 2.42. The molecule has 0 spiro atoms. The summed E-state index contributed by atoms with van der Waals surface area (Å²) >= 11 is 0. The number of carbonyl (C=O) groups is 2. The molecule has 2 rings (SSSR count). The standard InChI is InChI=1S/C20H25N3O5S/c1-14(2)22-29(26,27)18-7-5-6-15(12-18)20(25)28-13-19(24)21-16-8-10-17(11-9-16)23(3)4/h5-12,14,22H,13H2,1-4H3,(H,21,24). The van der Waals surface area contributed by atoms with Gasteiger partial charge in [0.25, 0.3) is 5.91 Å². The van der Waals surface area contributed by atoms with Crippen molar-refractivity contribution in [3.63, 3.8) is 0 Å². The minimum atomic E-state index is -3.74. The van der Waals surface area contributed by atoms with Crippen LogP contribution in [0.25, 0.3) is 0 Å². The second-order valence-electron chi connectivity index (χ2n) is 6.87. The Balaban J connectivity index is 1.96. The monoisotopic (exact) mass is 419 g/mol. The number of hydrogen-bond donors (Lipinski definition) is 2. The van der Waals surface area contributed by atoms with Crippen LogP contribution < -0.4 is 14.9 Å². The molecule has 0 saturated heterocycles. The molecule has 2 aromatic rings. The third-order valence-corrected chi connectivity index (χ3v) is 5.43. The zero-order valence-corrected chi connectivity index (χ0v) is 17.6. The molecule has 0 aromatic heterocycles. The van der Waals surface area contributed by atoms with Gasteiger partial charge in [-0.3, -0.25) is 4.79 Å². The van der Waals surface area contributed by atoms with E-state index in [-0.39, 0.29) is 16.5 Å². The molecule has 0 fully saturated rings. The van der Waals surface area contributed by atoms with E-state index in [1.54, 1.807) is 26.0 Å². The quantitative estimate of drug-likeness (QED) is 0.636. The van der Waals surface area contributed by atoms with Crippen LogP contribution in [0.4, 0.5) is 11.4 Å². The van der Waals surface area contributed by atoms with Crippen molar-refractivity contribution in [2.75, 3.05) is 30.9 Å². The van der Waals surface area contributed by atoms with Crippen molar-refractivity contribution in [2.24, 2.45) is 0 Å². The second-order valence-corrected chi connectivity index (χ2v) is 8.58. The molecular formula is C20H25N3O5S. The predicted molar refractivity (Wildman–Crippen MR) is 112 cm³/mol. The van der Waals surface area contributed by atoms with Crippen molar-refractivity contribution < 1.29 is 22.7 Å². The lowest BCUT2D eigenvalue weighted by Gasteiger charge is -2.13. The van der Waals surface area contributed by atoms with Crippen LogP contribution >= 0.6 is 0 Å². The number of carbonyl (C=O) groups excluding carboxylic acids is 2. The lowest BCUT2D eigenvalue weighted by molar-refractivity contribution is -0.119. The van der Waals surface area contributed by atoms with Gasteiger partial charge in [-0.15, -0.1) is 0 Å². The summed E-state index contributed by atoms with van der Waals surface area (Å²) in [6.45, 7) is 2.90. The van der Waals surface area contributed by atoms with E-state index in [4.69, 9.17) is 4.74 Å². The normalized spacial score (nSPS) is 11.2. The summed E-state index contributed by atoms with van der Waals surface area (Å²) in [7, 11) is 0.0800. The summed E-state index contributed by atoms with van der Waals surface area (Å²) in [5.74, 6) is -1.29. The molecule has 8 nitrogen and oxygen atoms in total. The Hall–Kier alpha value is -2.91. The van der Waals surface area contributed by atoms with Gasteiger partial charge in [0.05, 0.1) is 10.5 Å². The molecular weight excluding hydrogens is 394 g/mol. The number of esters is 1. The summed E-state index contributed by atoms with van der Waals surface area (Å²) in [4.78, 5) is 26.1. The largest absolute Gasteiger partial charge is 0.452 e. The van der Waals surface area contributed by atoms with E-state index in [0.29, 0.717) is 5.69 Å². The fourth-order valence-corrected chi connectivity index (χ4v) is 3.72. The Morgan fingerprint density at radius 1 is 1.07 bits per heavy atom. The minimum Gasteiger partial charge on any atom is -0.452 e. The lowest BCUT2D eigenvalue weighted by atomic mass is 10.2. The van der Waals surface area contributed by atoms with Gasteiger partial charge in [0.1, 0.15) is 0 Å². The van der Waals surface area contributed by atoms with Crippen molar-refractivity contribution in [1.29, 1.82) is 0 Å². The highest BCUT2D eigenvalue weighted by atomic mass is 32.2. The van der Waals surface area contributed by atoms with E-state index >= 15 is 0 Å². The highest BCUT2D eigenvalue weighted by Crippen LogP contribution is 2.16. The molecule has 2 N–H and O–H groups in total. The molecule has 0 unspecified atom stereocenters. The number of sulfonamides is 1. The number of nitrogens with zero attached hydrogens (tertiary/aromatic N) is 1. The van der Waals surface area contributed by atoms with Gasteiger partial charge in [0, 0.05) is 31.5 Å². The van der Waals surface area contributed by atoms with E-state index in [1.165, 1.54) is 24.3 Å². The number of anilines is 2. The van der Waals surface area contributed by atoms with Gasteiger partial charge in [-0.1, -0.05) is 6.07 Å². The Morgan fingerprint density at radius 2 is 1.72 bits per heavy atom. The van der Waals surface area contributed by atoms with Crippen LogP contribution in [0, 0.1) is 0 Å². The highest BCUT2D eigenvalue weighted by Gasteiger charge is 2.18. The second kappa shape index (κ2) is 9.53. The maximum absolute atomic E-state index is 12.2. The number of rotatable bonds is 8. The van der Waals surface area contributed by atoms with E-state index < -0.39 is 28.5 Å². The molecule has 0 atom stereocenters. The number of nitrogens with one attached hydrogen (secondary N) is 2. The fraction of sp³-hybridized carbons (Fsp3) is 0.300. The Kier molecular flexibility index (Phi) is 7.35. The maximum Gasteiger partial charge on any atom is 0.338 e. The van der Waals surface area contributed by atoms with E-state index in [0.717, 1.165) is 5.69 Å². The van der Waals surface area contributed by atoms with Gasteiger partial charge in [0.2, 0.25) is 10.0 Å². The van der Waals surface area contributed by atoms with Crippen molar-refractivity contribution in [2.45, 2.75) is 24.8 Å². The minimum absolute atomic E-state index is 0.0415. The number of hydrogen-bond acceptors (Lipinski definition) is 6. The summed E-state index contributed by atoms with van der Waals surface area (Å²) in [6, 6.07) is 12.3. The first-order chi connectivity index (χ1) is 13.6. The Bertz CT molecular complexity index is 970. The predicted octanol–water partition coefficient (Wildman–Crippen LogP) is 2.23. The molecule has 0 aliphatic heterocycles.